The van der Waals surface area contributed by atoms with Gasteiger partial charge in [0.1, 0.15) is 0 Å². The van der Waals surface area contributed by atoms with Crippen molar-refractivity contribution in [2.24, 2.45) is 0 Å². The van der Waals surface area contributed by atoms with Gasteiger partial charge in [0.15, 0.2) is 0 Å². The van der Waals surface area contributed by atoms with Gasteiger partial charge in [0.25, 0.3) is 0 Å². The molecule has 4 nitrogen and oxygen atoms in total. The first-order chi connectivity index (χ1) is 4.85. The van der Waals surface area contributed by atoms with Crippen molar-refractivity contribution in [3.8, 4) is 12.1 Å². The number of nitriles is 2. The minimum atomic E-state index is -1.98. The SMILES string of the molecule is CC[O][Sn]([CH2]C#N)[CH2]C#N.O. The number of rotatable bonds is 4. The fourth-order valence-electron chi connectivity index (χ4n) is 0.545. The second-order valence-corrected chi connectivity index (χ2v) is 7.56. The average Bonchev–Trinajstić information content (AvgIpc) is 1.90. The van der Waals surface area contributed by atoms with Crippen LogP contribution in [0.1, 0.15) is 6.92 Å². The molecular weight excluding hydrogens is 251 g/mol. The van der Waals surface area contributed by atoms with Crippen molar-refractivity contribution in [3.63, 3.8) is 0 Å². The van der Waals surface area contributed by atoms with Crippen LogP contribution in [0.4, 0.5) is 0 Å². The van der Waals surface area contributed by atoms with E-state index in [2.05, 4.69) is 0 Å². The van der Waals surface area contributed by atoms with Crippen LogP contribution in [-0.2, 0) is 3.07 Å². The number of nitrogens with zero attached hydrogens (tertiary/aromatic N) is 2. The molecule has 61 valence electrons. The molecule has 2 N–H and O–H groups in total. The van der Waals surface area contributed by atoms with E-state index in [0.717, 1.165) is 0 Å². The van der Waals surface area contributed by atoms with Crippen LogP contribution in [-0.4, -0.2) is 32.3 Å². The smallest absolute Gasteiger partial charge is 0.412 e. The maximum absolute atomic E-state index is 8.30. The largest absolute Gasteiger partial charge is 0.412 e. The molecule has 0 aromatic heterocycles. The van der Waals surface area contributed by atoms with Crippen molar-refractivity contribution >= 4 is 20.2 Å². The Bertz CT molecular complexity index is 145. The number of hydrogen-bond donors (Lipinski definition) is 0. The summed E-state index contributed by atoms with van der Waals surface area (Å²) < 4.78 is 6.28. The van der Waals surface area contributed by atoms with Crippen LogP contribution in [0.3, 0.4) is 0 Å². The molecule has 0 saturated heterocycles. The summed E-state index contributed by atoms with van der Waals surface area (Å²) in [5.41, 5.74) is 0. The molecule has 0 atom stereocenters. The van der Waals surface area contributed by atoms with Gasteiger partial charge in [-0.15, -0.1) is 0 Å². The minimum absolute atomic E-state index is 0. The first kappa shape index (κ1) is 13.3. The first-order valence-electron chi connectivity index (χ1n) is 3.06. The second-order valence-electron chi connectivity index (χ2n) is 1.64. The summed E-state index contributed by atoms with van der Waals surface area (Å²) in [7, 11) is 0. The van der Waals surface area contributed by atoms with Crippen LogP contribution < -0.4 is 0 Å². The molecule has 0 spiro atoms. The third-order valence-corrected chi connectivity index (χ3v) is 6.04. The molecule has 0 aromatic rings. The molecule has 0 heterocycles. The topological polar surface area (TPSA) is 88.3 Å². The Morgan fingerprint density at radius 2 is 1.73 bits per heavy atom. The van der Waals surface area contributed by atoms with Crippen LogP contribution in [0.2, 0.25) is 8.87 Å². The summed E-state index contributed by atoms with van der Waals surface area (Å²) in [5, 5.41) is 16.6. The van der Waals surface area contributed by atoms with Crippen LogP contribution in [0.25, 0.3) is 0 Å². The van der Waals surface area contributed by atoms with Gasteiger partial charge in [-0.1, -0.05) is 0 Å². The van der Waals surface area contributed by atoms with E-state index in [-0.39, 0.29) is 5.48 Å². The Balaban J connectivity index is 0. The standard InChI is InChI=1S/2C2H2N.C2H5O.H2O.Sn/c3*1-2-3;;/h2*1H2;2H2,1H3;1H2;/q;;-1;;+1. The Morgan fingerprint density at radius 1 is 1.27 bits per heavy atom. The molecule has 0 saturated carbocycles. The molecule has 0 rings (SSSR count). The Morgan fingerprint density at radius 3 is 2.00 bits per heavy atom. The summed E-state index contributed by atoms with van der Waals surface area (Å²) in [6.45, 7) is 2.55. The van der Waals surface area contributed by atoms with Gasteiger partial charge in [-0.25, -0.2) is 0 Å². The summed E-state index contributed by atoms with van der Waals surface area (Å²) in [6, 6.07) is 4.10. The van der Waals surface area contributed by atoms with Gasteiger partial charge in [0.2, 0.25) is 0 Å². The summed E-state index contributed by atoms with van der Waals surface area (Å²) in [5.74, 6) is 0. The molecule has 0 aliphatic rings. The fourth-order valence-corrected chi connectivity index (χ4v) is 3.66. The monoisotopic (exact) mass is 263 g/mol. The molecular formula is C6H11N2O2Sn. The maximum atomic E-state index is 8.30. The molecule has 0 aromatic carbocycles. The van der Waals surface area contributed by atoms with Crippen molar-refractivity contribution in [2.45, 2.75) is 15.8 Å². The van der Waals surface area contributed by atoms with E-state index in [1.165, 1.54) is 0 Å². The Hall–Kier alpha value is -0.301. The summed E-state index contributed by atoms with van der Waals surface area (Å²) in [4.78, 5) is 0. The molecule has 0 aliphatic heterocycles. The normalized spacial score (nSPS) is 8.00. The predicted octanol–water partition coefficient (Wildman–Crippen LogP) is 0.237. The molecule has 0 amide bonds. The van der Waals surface area contributed by atoms with Gasteiger partial charge in [-0.3, -0.25) is 0 Å². The zero-order valence-corrected chi connectivity index (χ0v) is 9.28. The van der Waals surface area contributed by atoms with Crippen molar-refractivity contribution in [1.82, 2.24) is 0 Å². The van der Waals surface area contributed by atoms with E-state index in [1.807, 2.05) is 19.1 Å². The minimum Gasteiger partial charge on any atom is -0.412 e. The first-order valence-corrected chi connectivity index (χ1v) is 8.26. The summed E-state index contributed by atoms with van der Waals surface area (Å²) in [6.07, 6.45) is 0. The molecule has 0 aliphatic carbocycles. The van der Waals surface area contributed by atoms with E-state index >= 15 is 0 Å². The zero-order chi connectivity index (χ0) is 7.82. The van der Waals surface area contributed by atoms with E-state index in [1.54, 1.807) is 0 Å². The predicted molar refractivity (Wildman–Crippen MR) is 41.8 cm³/mol. The molecule has 0 unspecified atom stereocenters. The van der Waals surface area contributed by atoms with Crippen molar-refractivity contribution in [1.29, 1.82) is 10.5 Å². The van der Waals surface area contributed by atoms with Gasteiger partial charge in [-0.2, -0.15) is 0 Å². The third kappa shape index (κ3) is 7.60. The summed E-state index contributed by atoms with van der Waals surface area (Å²) >= 11 is -1.98. The van der Waals surface area contributed by atoms with Crippen molar-refractivity contribution in [3.05, 3.63) is 0 Å². The maximum Gasteiger partial charge on any atom is -0.412 e. The van der Waals surface area contributed by atoms with Crippen LogP contribution in [0, 0.1) is 22.7 Å². The van der Waals surface area contributed by atoms with Crippen molar-refractivity contribution in [2.75, 3.05) is 6.61 Å². The second kappa shape index (κ2) is 9.70. The van der Waals surface area contributed by atoms with Crippen LogP contribution in [0.5, 0.6) is 0 Å². The van der Waals surface area contributed by atoms with E-state index < -0.39 is 20.2 Å². The molecule has 1 radical (unpaired) electrons. The molecule has 0 bridgehead atoms. The van der Waals surface area contributed by atoms with Gasteiger partial charge < -0.3 is 5.48 Å². The Kier molecular flexibility index (Phi) is 11.7. The molecule has 0 fully saturated rings. The van der Waals surface area contributed by atoms with Crippen LogP contribution >= 0.6 is 0 Å². The van der Waals surface area contributed by atoms with E-state index in [4.69, 9.17) is 13.6 Å². The fraction of sp³-hybridized carbons (Fsp3) is 0.667. The average molecular weight is 262 g/mol. The van der Waals surface area contributed by atoms with Gasteiger partial charge in [0.05, 0.1) is 0 Å². The quantitative estimate of drug-likeness (QED) is 0.679. The van der Waals surface area contributed by atoms with Crippen molar-refractivity contribution < 1.29 is 8.55 Å². The zero-order valence-electron chi connectivity index (χ0n) is 6.42. The van der Waals surface area contributed by atoms with Crippen LogP contribution in [0.15, 0.2) is 0 Å². The molecule has 5 heteroatoms. The van der Waals surface area contributed by atoms with E-state index in [0.29, 0.717) is 15.5 Å². The van der Waals surface area contributed by atoms with E-state index in [9.17, 15) is 0 Å². The third-order valence-electron chi connectivity index (χ3n) is 0.901. The molecule has 11 heavy (non-hydrogen) atoms. The number of hydrogen-bond acceptors (Lipinski definition) is 3. The Labute approximate surface area is 74.0 Å². The van der Waals surface area contributed by atoms with Gasteiger partial charge in [-0.05, 0) is 0 Å². The van der Waals surface area contributed by atoms with Gasteiger partial charge in [0, 0.05) is 0 Å². The van der Waals surface area contributed by atoms with Gasteiger partial charge >= 0.3 is 68.3 Å².